The molecular weight excluding hydrogens is 700 g/mol. The summed E-state index contributed by atoms with van der Waals surface area (Å²) in [5.74, 6) is -0.136. The second-order valence-corrected chi connectivity index (χ2v) is 16.8. The molecule has 0 bridgehead atoms. The average Bonchev–Trinajstić information content (AvgIpc) is 3.10. The van der Waals surface area contributed by atoms with Crippen molar-refractivity contribution < 1.29 is 33.4 Å². The molecule has 2 heterocycles. The van der Waals surface area contributed by atoms with Gasteiger partial charge in [-0.3, -0.25) is 29.9 Å². The van der Waals surface area contributed by atoms with Crippen LogP contribution in [0.4, 0.5) is 0 Å². The van der Waals surface area contributed by atoms with Gasteiger partial charge in [0.05, 0.1) is 22.8 Å². The summed E-state index contributed by atoms with van der Waals surface area (Å²) in [6.07, 6.45) is 3.52. The van der Waals surface area contributed by atoms with Gasteiger partial charge in [-0.1, -0.05) is 45.9 Å². The summed E-state index contributed by atoms with van der Waals surface area (Å²) >= 11 is 6.24. The van der Waals surface area contributed by atoms with Gasteiger partial charge >= 0.3 is 0 Å². The number of methoxy groups -OCH3 is 1. The Morgan fingerprint density at radius 3 is 2.43 bits per heavy atom. The summed E-state index contributed by atoms with van der Waals surface area (Å²) in [7, 11) is 1.56. The molecule has 14 heteroatoms. The van der Waals surface area contributed by atoms with Crippen molar-refractivity contribution >= 4 is 29.3 Å². The van der Waals surface area contributed by atoms with Gasteiger partial charge in [0, 0.05) is 61.2 Å². The molecule has 2 saturated carbocycles. The molecule has 0 aromatic heterocycles. The highest BCUT2D eigenvalue weighted by atomic mass is 35.5. The van der Waals surface area contributed by atoms with Crippen LogP contribution in [0.15, 0.2) is 30.4 Å². The first-order chi connectivity index (χ1) is 25.0. The lowest BCUT2D eigenvalue weighted by Gasteiger charge is -2.63. The second-order valence-electron chi connectivity index (χ2n) is 16.4. The molecule has 1 aromatic carbocycles. The Labute approximate surface area is 318 Å². The monoisotopic (exact) mass is 756 g/mol. The van der Waals surface area contributed by atoms with Crippen LogP contribution in [0.3, 0.4) is 0 Å². The zero-order valence-electron chi connectivity index (χ0n) is 32.2. The Morgan fingerprint density at radius 1 is 1.15 bits per heavy atom. The lowest BCUT2D eigenvalue weighted by molar-refractivity contribution is -0.211. The first-order valence-electron chi connectivity index (χ1n) is 18.7. The van der Waals surface area contributed by atoms with Crippen LogP contribution in [0.5, 0.6) is 5.75 Å². The van der Waals surface area contributed by atoms with E-state index >= 15 is 0 Å². The molecule has 53 heavy (non-hydrogen) atoms. The first-order valence-corrected chi connectivity index (χ1v) is 19.1. The van der Waals surface area contributed by atoms with Gasteiger partial charge in [-0.05, 0) is 70.5 Å². The van der Waals surface area contributed by atoms with Crippen LogP contribution in [0.2, 0.25) is 5.02 Å². The number of nitrogens with one attached hydrogen (secondary N) is 4. The molecule has 2 aliphatic heterocycles. The van der Waals surface area contributed by atoms with Crippen molar-refractivity contribution in [2.75, 3.05) is 33.5 Å². The van der Waals surface area contributed by atoms with Gasteiger partial charge in [0.2, 0.25) is 17.7 Å². The number of hydrogen-bond acceptors (Lipinski definition) is 11. The van der Waals surface area contributed by atoms with Gasteiger partial charge in [-0.15, -0.1) is 0 Å². The number of carbonyl (C=O) groups excluding carboxylic acids is 3. The van der Waals surface area contributed by atoms with Crippen molar-refractivity contribution in [1.82, 2.24) is 26.3 Å². The van der Waals surface area contributed by atoms with Crippen molar-refractivity contribution in [2.45, 2.75) is 122 Å². The quantitative estimate of drug-likeness (QED) is 0.110. The fourth-order valence-corrected chi connectivity index (χ4v) is 8.86. The van der Waals surface area contributed by atoms with Gasteiger partial charge in [-0.2, -0.15) is 10.3 Å². The number of hydroxylamine groups is 2. The first kappa shape index (κ1) is 41.1. The lowest BCUT2D eigenvalue weighted by atomic mass is 9.49. The molecule has 13 nitrogen and oxygen atoms in total. The van der Waals surface area contributed by atoms with Crippen LogP contribution in [0.25, 0.3) is 0 Å². The number of imide groups is 1. The molecule has 4 aliphatic rings. The minimum Gasteiger partial charge on any atom is -0.489 e. The van der Waals surface area contributed by atoms with E-state index in [4.69, 9.17) is 30.6 Å². The zero-order valence-corrected chi connectivity index (χ0v) is 32.9. The highest BCUT2D eigenvalue weighted by molar-refractivity contribution is 6.31. The van der Waals surface area contributed by atoms with Gasteiger partial charge in [0.1, 0.15) is 36.3 Å². The Bertz CT molecular complexity index is 1550. The van der Waals surface area contributed by atoms with Crippen molar-refractivity contribution in [1.29, 1.82) is 5.26 Å². The molecule has 0 radical (unpaired) electrons. The number of carbonyl (C=O) groups is 3. The molecule has 4 N–H and O–H groups in total. The van der Waals surface area contributed by atoms with E-state index in [0.717, 1.165) is 45.3 Å². The van der Waals surface area contributed by atoms with Crippen LogP contribution in [-0.2, 0) is 28.7 Å². The zero-order chi connectivity index (χ0) is 38.7. The maximum atomic E-state index is 13.2. The summed E-state index contributed by atoms with van der Waals surface area (Å²) in [5.41, 5.74) is -0.795. The number of benzene rings is 1. The molecule has 5 rings (SSSR count). The minimum absolute atomic E-state index is 0.0477. The van der Waals surface area contributed by atoms with Gasteiger partial charge in [0.15, 0.2) is 0 Å². The van der Waals surface area contributed by atoms with Crippen LogP contribution in [0.1, 0.15) is 85.6 Å². The molecule has 1 aromatic rings. The number of halogens is 1. The topological polar surface area (TPSA) is 163 Å². The van der Waals surface area contributed by atoms with E-state index in [9.17, 15) is 19.6 Å². The summed E-state index contributed by atoms with van der Waals surface area (Å²) < 4.78 is 18.5. The van der Waals surface area contributed by atoms with E-state index in [1.807, 2.05) is 6.92 Å². The van der Waals surface area contributed by atoms with Gasteiger partial charge < -0.3 is 24.8 Å². The number of piperidine rings is 2. The molecule has 0 spiro atoms. The highest BCUT2D eigenvalue weighted by Crippen LogP contribution is 2.55. The van der Waals surface area contributed by atoms with E-state index < -0.39 is 29.6 Å². The number of nitriles is 1. The predicted molar refractivity (Wildman–Crippen MR) is 200 cm³/mol. The summed E-state index contributed by atoms with van der Waals surface area (Å²) in [6, 6.07) is 6.99. The summed E-state index contributed by atoms with van der Waals surface area (Å²) in [4.78, 5) is 43.0. The molecular formula is C39H57ClN6O7. The van der Waals surface area contributed by atoms with Crippen molar-refractivity contribution in [3.8, 4) is 11.8 Å². The van der Waals surface area contributed by atoms with Gasteiger partial charge in [-0.25, -0.2) is 0 Å². The van der Waals surface area contributed by atoms with Crippen LogP contribution >= 0.6 is 11.6 Å². The normalized spacial score (nSPS) is 28.7. The minimum atomic E-state index is -1.10. The van der Waals surface area contributed by atoms with Gasteiger partial charge in [0.25, 0.3) is 0 Å². The Balaban J connectivity index is 0.988. The van der Waals surface area contributed by atoms with E-state index in [0.29, 0.717) is 35.0 Å². The number of ether oxygens (including phenoxy) is 3. The number of hydrogen-bond donors (Lipinski definition) is 4. The van der Waals surface area contributed by atoms with Crippen LogP contribution in [-0.4, -0.2) is 98.3 Å². The van der Waals surface area contributed by atoms with E-state index in [2.05, 4.69) is 66.7 Å². The smallest absolute Gasteiger partial charge is 0.250 e. The highest BCUT2D eigenvalue weighted by Gasteiger charge is 2.63. The number of amides is 3. The Kier molecular flexibility index (Phi) is 13.0. The molecule has 4 fully saturated rings. The molecule has 2 saturated heterocycles. The third-order valence-electron chi connectivity index (χ3n) is 12.0. The fraction of sp³-hybridized carbons (Fsp3) is 0.692. The Hall–Kier alpha value is -3.09. The third-order valence-corrected chi connectivity index (χ3v) is 12.3. The molecule has 3 unspecified atom stereocenters. The average molecular weight is 757 g/mol. The summed E-state index contributed by atoms with van der Waals surface area (Å²) in [5, 5.41) is 23.9. The van der Waals surface area contributed by atoms with Crippen molar-refractivity contribution in [3.63, 3.8) is 0 Å². The predicted octanol–water partition coefficient (Wildman–Crippen LogP) is 3.99. The van der Waals surface area contributed by atoms with Crippen molar-refractivity contribution in [3.05, 3.63) is 40.9 Å². The third kappa shape index (κ3) is 9.07. The summed E-state index contributed by atoms with van der Waals surface area (Å²) in [6.45, 7) is 19.5. The van der Waals surface area contributed by atoms with Crippen LogP contribution < -0.4 is 26.0 Å². The maximum Gasteiger partial charge on any atom is 0.250 e. The lowest BCUT2D eigenvalue weighted by Crippen LogP contribution is -2.74. The number of rotatable bonds is 16. The van der Waals surface area contributed by atoms with Crippen LogP contribution in [0, 0.1) is 28.1 Å². The second kappa shape index (κ2) is 16.7. The molecule has 3 amide bonds. The molecule has 2 aliphatic carbocycles. The maximum absolute atomic E-state index is 13.2. The number of nitrogens with zero attached hydrogens (tertiary/aromatic N) is 2. The largest absolute Gasteiger partial charge is 0.489 e. The Morgan fingerprint density at radius 2 is 1.83 bits per heavy atom. The molecule has 3 atom stereocenters. The van der Waals surface area contributed by atoms with E-state index in [1.165, 1.54) is 0 Å². The standard InChI is InChI=1S/C39H57ClN6O7/c1-23(33(48)44-31-11-12-32(47)45-34(31)49)39(7,24(2)50-8)53-29-17-27(18-29)42-21-25-13-15-46(16-14-25)51-22-43-35-37(3,4)36(38(35,5)6)52-28-10-9-26(20-41)30(40)19-28/h9-10,19,24-25,27,29,31,35-36,42-43H,1,11-18,21-22H2,2-8H3,(H,44,48)(H,45,47,49)/t24?,27-,29-,31?,35-,36-,39?. The van der Waals surface area contributed by atoms with Crippen molar-refractivity contribution in [2.24, 2.45) is 16.7 Å². The fourth-order valence-electron chi connectivity index (χ4n) is 8.65. The molecule has 292 valence electrons. The van der Waals surface area contributed by atoms with E-state index in [-0.39, 0.29) is 53.4 Å². The SMILES string of the molecule is C=C(C(=O)NC1CCC(=O)NC1=O)C(C)(O[C@H]1C[C@H](NCC2CCN(OCN[C@H]3C(C)(C)[C@H](Oc4ccc(C#N)c(Cl)c4)C3(C)C)CC2)C1)C(C)OC. The van der Waals surface area contributed by atoms with E-state index in [1.54, 1.807) is 32.2 Å².